The summed E-state index contributed by atoms with van der Waals surface area (Å²) in [4.78, 5) is 0. The summed E-state index contributed by atoms with van der Waals surface area (Å²) >= 11 is 0. The second-order valence-corrected chi connectivity index (χ2v) is 2.34. The van der Waals surface area contributed by atoms with Gasteiger partial charge >= 0.3 is 0 Å². The number of hydrogen-bond acceptors (Lipinski definition) is 0. The Labute approximate surface area is 70.1 Å². The van der Waals surface area contributed by atoms with E-state index in [1.807, 2.05) is 0 Å². The molecule has 0 bridgehead atoms. The van der Waals surface area contributed by atoms with Crippen molar-refractivity contribution in [2.45, 2.75) is 13.3 Å². The van der Waals surface area contributed by atoms with Crippen LogP contribution in [0.1, 0.15) is 13.3 Å². The van der Waals surface area contributed by atoms with Gasteiger partial charge in [0.15, 0.2) is 0 Å². The first-order valence-electron chi connectivity index (χ1n) is 3.58. The molecule has 0 spiro atoms. The zero-order chi connectivity index (χ0) is 9.45. The first-order chi connectivity index (χ1) is 5.74. The molecule has 0 heterocycles. The maximum Gasteiger partial charge on any atom is 0.0838 e. The highest BCUT2D eigenvalue weighted by molar-refractivity contribution is 5.18. The van der Waals surface area contributed by atoms with Crippen LogP contribution in [-0.2, 0) is 0 Å². The first-order valence-corrected chi connectivity index (χ1v) is 3.58. The molecule has 0 saturated carbocycles. The Morgan fingerprint density at radius 2 is 1.25 bits per heavy atom. The van der Waals surface area contributed by atoms with Crippen molar-refractivity contribution in [3.05, 3.63) is 37.2 Å². The molecule has 0 fully saturated rings. The van der Waals surface area contributed by atoms with Gasteiger partial charge in [-0.25, -0.2) is 13.2 Å². The zero-order valence-corrected chi connectivity index (χ0v) is 6.81. The van der Waals surface area contributed by atoms with Gasteiger partial charge in [0.05, 0.1) is 19.0 Å². The van der Waals surface area contributed by atoms with Crippen molar-refractivity contribution in [3.8, 4) is 0 Å². The van der Waals surface area contributed by atoms with E-state index in [9.17, 15) is 13.2 Å². The normalized spacial score (nSPS) is 18.0. The van der Waals surface area contributed by atoms with Gasteiger partial charge in [-0.2, -0.15) is 0 Å². The molecule has 0 rings (SSSR count). The third-order valence-corrected chi connectivity index (χ3v) is 1.73. The van der Waals surface area contributed by atoms with E-state index >= 15 is 0 Å². The first kappa shape index (κ1) is 11.0. The van der Waals surface area contributed by atoms with Crippen LogP contribution in [-0.4, -0.2) is 0 Å². The number of rotatable bonds is 4. The summed E-state index contributed by atoms with van der Waals surface area (Å²) in [6.07, 6.45) is 4.53. The molecule has 12 heavy (non-hydrogen) atoms. The number of hydrogen-bond donors (Lipinski definition) is 0. The van der Waals surface area contributed by atoms with Gasteiger partial charge in [0.25, 0.3) is 0 Å². The third kappa shape index (κ3) is 2.95. The second-order valence-electron chi connectivity index (χ2n) is 2.34. The maximum atomic E-state index is 11.8. The Morgan fingerprint density at radius 1 is 0.917 bits per heavy atom. The molecule has 0 amide bonds. The molecule has 0 radical (unpaired) electrons. The Kier molecular flexibility index (Phi) is 5.17. The fourth-order valence-corrected chi connectivity index (χ4v) is 0.872. The van der Waals surface area contributed by atoms with E-state index in [0.29, 0.717) is 6.42 Å². The predicted molar refractivity (Wildman–Crippen MR) is 43.5 cm³/mol. The van der Waals surface area contributed by atoms with E-state index < -0.39 is 5.41 Å². The summed E-state index contributed by atoms with van der Waals surface area (Å²) in [5.74, 6) is 0. The molecular formula is C9H11F3. The van der Waals surface area contributed by atoms with Gasteiger partial charge in [0, 0.05) is 5.41 Å². The highest BCUT2D eigenvalue weighted by Crippen LogP contribution is 2.28. The van der Waals surface area contributed by atoms with E-state index in [2.05, 4.69) is 0 Å². The lowest BCUT2D eigenvalue weighted by Gasteiger charge is -2.18. The molecule has 0 aromatic heterocycles. The van der Waals surface area contributed by atoms with E-state index in [0.717, 1.165) is 18.2 Å². The summed E-state index contributed by atoms with van der Waals surface area (Å²) in [7, 11) is 0. The van der Waals surface area contributed by atoms with Gasteiger partial charge in [-0.05, 0) is 24.6 Å². The highest BCUT2D eigenvalue weighted by Gasteiger charge is 2.17. The van der Waals surface area contributed by atoms with Crippen molar-refractivity contribution in [3.63, 3.8) is 0 Å². The quantitative estimate of drug-likeness (QED) is 0.610. The Balaban J connectivity index is 4.74. The SMILES string of the molecule is CCC(C=CF)(C=CF)C=CF. The van der Waals surface area contributed by atoms with Crippen molar-refractivity contribution in [1.82, 2.24) is 0 Å². The predicted octanol–water partition coefficient (Wildman–Crippen LogP) is 3.83. The zero-order valence-electron chi connectivity index (χ0n) is 6.81. The molecule has 0 aromatic carbocycles. The molecule has 0 aliphatic rings. The molecule has 0 aliphatic heterocycles. The van der Waals surface area contributed by atoms with Crippen LogP contribution >= 0.6 is 0 Å². The summed E-state index contributed by atoms with van der Waals surface area (Å²) in [6.45, 7) is 1.71. The van der Waals surface area contributed by atoms with E-state index in [1.165, 1.54) is 0 Å². The number of allylic oxidation sites excluding steroid dienone is 3. The molecule has 3 heteroatoms. The summed E-state index contributed by atoms with van der Waals surface area (Å²) in [5, 5.41) is 0. The van der Waals surface area contributed by atoms with Crippen LogP contribution in [0.5, 0.6) is 0 Å². The van der Waals surface area contributed by atoms with Crippen LogP contribution < -0.4 is 0 Å². The Bertz CT molecular complexity index is 161. The molecule has 68 valence electrons. The lowest BCUT2D eigenvalue weighted by Crippen LogP contribution is -2.08. The van der Waals surface area contributed by atoms with Crippen LogP contribution in [0.3, 0.4) is 0 Å². The van der Waals surface area contributed by atoms with Gasteiger partial charge in [-0.15, -0.1) is 0 Å². The minimum absolute atomic E-state index is 0.281. The average molecular weight is 176 g/mol. The monoisotopic (exact) mass is 176 g/mol. The van der Waals surface area contributed by atoms with Crippen LogP contribution in [0.25, 0.3) is 0 Å². The maximum absolute atomic E-state index is 11.8. The van der Waals surface area contributed by atoms with Gasteiger partial charge in [0.2, 0.25) is 0 Å². The van der Waals surface area contributed by atoms with Crippen LogP contribution in [0.15, 0.2) is 37.2 Å². The minimum atomic E-state index is -0.974. The van der Waals surface area contributed by atoms with Crippen molar-refractivity contribution >= 4 is 0 Å². The Morgan fingerprint density at radius 3 is 1.42 bits per heavy atom. The van der Waals surface area contributed by atoms with E-state index in [1.54, 1.807) is 6.92 Å². The molecular weight excluding hydrogens is 165 g/mol. The van der Waals surface area contributed by atoms with Crippen LogP contribution in [0, 0.1) is 5.41 Å². The molecule has 0 N–H and O–H groups in total. The lowest BCUT2D eigenvalue weighted by molar-refractivity contribution is 0.554. The summed E-state index contributed by atoms with van der Waals surface area (Å²) in [6, 6.07) is 0. The fraction of sp³-hybridized carbons (Fsp3) is 0.333. The average Bonchev–Trinajstić information content (AvgIpc) is 2.06. The topological polar surface area (TPSA) is 0 Å². The molecule has 0 saturated heterocycles. The van der Waals surface area contributed by atoms with Gasteiger partial charge in [0.1, 0.15) is 0 Å². The molecule has 0 aromatic rings. The van der Waals surface area contributed by atoms with Crippen molar-refractivity contribution in [2.24, 2.45) is 5.41 Å². The standard InChI is InChI=1S/C9H11F3/c1-2-9(3-6-10,4-7-11)5-8-12/h3-8H,2H2,1H3. The number of halogens is 3. The largest absolute Gasteiger partial charge is 0.216 e. The molecule has 0 atom stereocenters. The second kappa shape index (κ2) is 5.63. The molecule has 0 aliphatic carbocycles. The van der Waals surface area contributed by atoms with Gasteiger partial charge in [-0.3, -0.25) is 0 Å². The summed E-state index contributed by atoms with van der Waals surface area (Å²) in [5.41, 5.74) is -0.974. The van der Waals surface area contributed by atoms with Gasteiger partial charge in [-0.1, -0.05) is 6.92 Å². The highest BCUT2D eigenvalue weighted by atomic mass is 19.1. The van der Waals surface area contributed by atoms with E-state index in [4.69, 9.17) is 0 Å². The molecule has 0 nitrogen and oxygen atoms in total. The fourth-order valence-electron chi connectivity index (χ4n) is 0.872. The van der Waals surface area contributed by atoms with Gasteiger partial charge < -0.3 is 0 Å². The van der Waals surface area contributed by atoms with Crippen LogP contribution in [0.2, 0.25) is 0 Å². The van der Waals surface area contributed by atoms with Crippen molar-refractivity contribution < 1.29 is 13.2 Å². The summed E-state index contributed by atoms with van der Waals surface area (Å²) < 4.78 is 35.5. The lowest BCUT2D eigenvalue weighted by atomic mass is 9.85. The third-order valence-electron chi connectivity index (χ3n) is 1.73. The minimum Gasteiger partial charge on any atom is -0.216 e. The Hall–Kier alpha value is -0.990. The van der Waals surface area contributed by atoms with E-state index in [-0.39, 0.29) is 19.0 Å². The van der Waals surface area contributed by atoms with Crippen molar-refractivity contribution in [2.75, 3.05) is 0 Å². The molecule has 0 unspecified atom stereocenters. The van der Waals surface area contributed by atoms with Crippen molar-refractivity contribution in [1.29, 1.82) is 0 Å². The van der Waals surface area contributed by atoms with Crippen LogP contribution in [0.4, 0.5) is 13.2 Å². The smallest absolute Gasteiger partial charge is 0.0838 e.